The molecule has 252 valence electrons. The molecular formula is C40H44F2N2O4. The van der Waals surface area contributed by atoms with E-state index in [-0.39, 0.29) is 11.6 Å². The molecule has 2 aliphatic rings. The number of rotatable bonds is 7. The quantitative estimate of drug-likeness (QED) is 0.215. The molecule has 0 saturated heterocycles. The number of pyridine rings is 1. The number of hydrogen-bond donors (Lipinski definition) is 1. The van der Waals surface area contributed by atoms with Crippen LogP contribution in [0.2, 0.25) is 0 Å². The zero-order valence-corrected chi connectivity index (χ0v) is 28.9. The van der Waals surface area contributed by atoms with Crippen LogP contribution in [0, 0.1) is 39.3 Å². The van der Waals surface area contributed by atoms with Crippen molar-refractivity contribution in [2.24, 2.45) is 0 Å². The Hall–Kier alpha value is -4.14. The predicted octanol–water partition coefficient (Wildman–Crippen LogP) is 8.75. The molecule has 6 nitrogen and oxygen atoms in total. The average Bonchev–Trinajstić information content (AvgIpc) is 3.03. The van der Waals surface area contributed by atoms with Crippen LogP contribution in [0.5, 0.6) is 5.75 Å². The van der Waals surface area contributed by atoms with E-state index in [9.17, 15) is 14.3 Å². The van der Waals surface area contributed by atoms with Crippen molar-refractivity contribution in [2.75, 3.05) is 13.2 Å². The van der Waals surface area contributed by atoms with Crippen LogP contribution in [-0.4, -0.2) is 39.7 Å². The van der Waals surface area contributed by atoms with Crippen molar-refractivity contribution < 1.29 is 28.2 Å². The maximum atomic E-state index is 15.8. The second-order valence-corrected chi connectivity index (χ2v) is 14.2. The van der Waals surface area contributed by atoms with Gasteiger partial charge in [-0.3, -0.25) is 9.88 Å². The van der Waals surface area contributed by atoms with Crippen LogP contribution in [0.3, 0.4) is 0 Å². The summed E-state index contributed by atoms with van der Waals surface area (Å²) in [6, 6.07) is 13.0. The molecule has 8 heteroatoms. The second kappa shape index (κ2) is 13.1. The Morgan fingerprint density at radius 2 is 1.77 bits per heavy atom. The summed E-state index contributed by atoms with van der Waals surface area (Å²) in [6.07, 6.45) is 0.872. The van der Waals surface area contributed by atoms with Crippen LogP contribution < -0.4 is 4.74 Å². The summed E-state index contributed by atoms with van der Waals surface area (Å²) < 4.78 is 42.5. The largest absolute Gasteiger partial charge is 0.490 e. The van der Waals surface area contributed by atoms with E-state index < -0.39 is 23.5 Å². The molecule has 0 radical (unpaired) electrons. The summed E-state index contributed by atoms with van der Waals surface area (Å²) in [5.74, 6) is -1.51. The number of fused-ring (bicyclic) bond motifs is 2. The average molecular weight is 655 g/mol. The van der Waals surface area contributed by atoms with Crippen molar-refractivity contribution in [3.05, 3.63) is 104 Å². The van der Waals surface area contributed by atoms with Crippen molar-refractivity contribution >= 4 is 5.97 Å². The van der Waals surface area contributed by atoms with Gasteiger partial charge in [-0.2, -0.15) is 0 Å². The van der Waals surface area contributed by atoms with Gasteiger partial charge in [-0.25, -0.2) is 13.6 Å². The lowest BCUT2D eigenvalue weighted by molar-refractivity contribution is -0.160. The van der Waals surface area contributed by atoms with Crippen molar-refractivity contribution in [2.45, 2.75) is 92.5 Å². The van der Waals surface area contributed by atoms with E-state index in [1.54, 1.807) is 13.0 Å². The SMILES string of the molecule is Cc1cccc(F)c1CN1CCc2cc(-c3c(C)nc(C)c(C(OC(C)(C)C)C(=O)O)c3-c3cc(F)c4c(c3C)CCCO4)ccc2C1. The summed E-state index contributed by atoms with van der Waals surface area (Å²) in [6.45, 7) is 15.5. The zero-order valence-electron chi connectivity index (χ0n) is 28.9. The van der Waals surface area contributed by atoms with Gasteiger partial charge in [0.1, 0.15) is 5.82 Å². The summed E-state index contributed by atoms with van der Waals surface area (Å²) in [4.78, 5) is 20.1. The highest BCUT2D eigenvalue weighted by Gasteiger charge is 2.35. The standard InChI is InChI=1S/C40H44F2N2O4/c1-22-10-8-12-32(41)31(22)21-44-16-15-26-18-27(13-14-28(26)20-44)34-24(3)43-25(4)35(38(39(45)46)48-40(5,6)7)36(34)30-19-33(42)37-29(23(30)2)11-9-17-47-37/h8,10,12-14,18-19,38H,9,11,15-17,20-21H2,1-7H3,(H,45,46). The number of hydrogen-bond acceptors (Lipinski definition) is 5. The second-order valence-electron chi connectivity index (χ2n) is 14.2. The van der Waals surface area contributed by atoms with Crippen LogP contribution in [0.4, 0.5) is 8.78 Å². The molecular weight excluding hydrogens is 610 g/mol. The van der Waals surface area contributed by atoms with E-state index in [2.05, 4.69) is 17.0 Å². The highest BCUT2D eigenvalue weighted by Crippen LogP contribution is 2.47. The van der Waals surface area contributed by atoms with Crippen molar-refractivity contribution in [3.63, 3.8) is 0 Å². The van der Waals surface area contributed by atoms with E-state index >= 15 is 4.39 Å². The van der Waals surface area contributed by atoms with Gasteiger partial charge in [0.15, 0.2) is 17.7 Å². The third-order valence-electron chi connectivity index (χ3n) is 9.59. The number of halogens is 2. The molecule has 1 N–H and O–H groups in total. The molecule has 4 aromatic rings. The number of carboxylic acid groups (broad SMARTS) is 1. The van der Waals surface area contributed by atoms with Crippen LogP contribution in [0.15, 0.2) is 42.5 Å². The molecule has 2 aliphatic heterocycles. The Morgan fingerprint density at radius 3 is 2.48 bits per heavy atom. The fourth-order valence-corrected chi connectivity index (χ4v) is 7.31. The summed E-state index contributed by atoms with van der Waals surface area (Å²) in [7, 11) is 0. The third kappa shape index (κ3) is 6.48. The van der Waals surface area contributed by atoms with Gasteiger partial charge in [0.05, 0.1) is 12.2 Å². The first kappa shape index (κ1) is 33.7. The molecule has 0 saturated carbocycles. The van der Waals surface area contributed by atoms with Crippen LogP contribution in [-0.2, 0) is 35.5 Å². The minimum absolute atomic E-state index is 0.183. The van der Waals surface area contributed by atoms with Crippen LogP contribution in [0.25, 0.3) is 22.3 Å². The molecule has 0 spiro atoms. The van der Waals surface area contributed by atoms with E-state index in [0.717, 1.165) is 58.3 Å². The fourth-order valence-electron chi connectivity index (χ4n) is 7.31. The lowest BCUT2D eigenvalue weighted by atomic mass is 9.82. The number of nitrogens with zero attached hydrogens (tertiary/aromatic N) is 2. The maximum absolute atomic E-state index is 15.8. The van der Waals surface area contributed by atoms with Gasteiger partial charge in [-0.05, 0) is 119 Å². The summed E-state index contributed by atoms with van der Waals surface area (Å²) in [5, 5.41) is 10.6. The first-order chi connectivity index (χ1) is 22.7. The molecule has 0 aliphatic carbocycles. The number of carbonyl (C=O) groups is 1. The molecule has 1 atom stereocenters. The highest BCUT2D eigenvalue weighted by molar-refractivity contribution is 5.92. The molecule has 3 heterocycles. The number of aryl methyl sites for hydroxylation is 3. The Labute approximate surface area is 281 Å². The third-order valence-corrected chi connectivity index (χ3v) is 9.59. The minimum atomic E-state index is -1.34. The molecule has 1 unspecified atom stereocenters. The molecule has 0 bridgehead atoms. The summed E-state index contributed by atoms with van der Waals surface area (Å²) in [5.41, 5.74) is 9.40. The van der Waals surface area contributed by atoms with Crippen molar-refractivity contribution in [1.29, 1.82) is 0 Å². The molecule has 0 amide bonds. The molecule has 48 heavy (non-hydrogen) atoms. The first-order valence-electron chi connectivity index (χ1n) is 16.7. The van der Waals surface area contributed by atoms with E-state index in [0.29, 0.717) is 54.2 Å². The minimum Gasteiger partial charge on any atom is -0.490 e. The van der Waals surface area contributed by atoms with Crippen LogP contribution >= 0.6 is 0 Å². The lowest BCUT2D eigenvalue weighted by Gasteiger charge is -2.31. The Balaban J connectivity index is 1.52. The fraction of sp³-hybridized carbons (Fsp3) is 0.400. The summed E-state index contributed by atoms with van der Waals surface area (Å²) >= 11 is 0. The highest BCUT2D eigenvalue weighted by atomic mass is 19.1. The van der Waals surface area contributed by atoms with E-state index in [4.69, 9.17) is 14.5 Å². The first-order valence-corrected chi connectivity index (χ1v) is 16.7. The van der Waals surface area contributed by atoms with Crippen molar-refractivity contribution in [3.8, 4) is 28.0 Å². The number of ether oxygens (including phenoxy) is 2. The number of carboxylic acids is 1. The van der Waals surface area contributed by atoms with Gasteiger partial charge in [0, 0.05) is 53.3 Å². The van der Waals surface area contributed by atoms with Gasteiger partial charge < -0.3 is 14.6 Å². The van der Waals surface area contributed by atoms with E-state index in [1.807, 2.05) is 53.7 Å². The van der Waals surface area contributed by atoms with Gasteiger partial charge in [0.25, 0.3) is 0 Å². The molecule has 0 fully saturated rings. The number of aromatic nitrogens is 1. The Bertz CT molecular complexity index is 1890. The monoisotopic (exact) mass is 654 g/mol. The number of aliphatic carboxylic acids is 1. The van der Waals surface area contributed by atoms with Crippen molar-refractivity contribution in [1.82, 2.24) is 9.88 Å². The van der Waals surface area contributed by atoms with E-state index in [1.165, 1.54) is 17.7 Å². The maximum Gasteiger partial charge on any atom is 0.337 e. The Kier molecular flexibility index (Phi) is 9.18. The van der Waals surface area contributed by atoms with Gasteiger partial charge >= 0.3 is 5.97 Å². The number of benzene rings is 3. The lowest BCUT2D eigenvalue weighted by Crippen LogP contribution is -2.30. The topological polar surface area (TPSA) is 71.9 Å². The molecule has 3 aromatic carbocycles. The molecule has 6 rings (SSSR count). The van der Waals surface area contributed by atoms with Gasteiger partial charge in [0.2, 0.25) is 0 Å². The van der Waals surface area contributed by atoms with Crippen LogP contribution in [0.1, 0.15) is 83.6 Å². The smallest absolute Gasteiger partial charge is 0.337 e. The van der Waals surface area contributed by atoms with Gasteiger partial charge in [-0.1, -0.05) is 30.3 Å². The zero-order chi connectivity index (χ0) is 34.5. The molecule has 1 aromatic heterocycles. The normalized spacial score (nSPS) is 15.4. The van der Waals surface area contributed by atoms with Gasteiger partial charge in [-0.15, -0.1) is 0 Å². The predicted molar refractivity (Wildman–Crippen MR) is 183 cm³/mol. The Morgan fingerprint density at radius 1 is 1.00 bits per heavy atom.